The molecule has 1 unspecified atom stereocenters. The first kappa shape index (κ1) is 16.8. The van der Waals surface area contributed by atoms with E-state index in [-0.39, 0.29) is 24.2 Å². The van der Waals surface area contributed by atoms with Gasteiger partial charge in [-0.25, -0.2) is 0 Å². The van der Waals surface area contributed by atoms with Crippen molar-refractivity contribution in [3.63, 3.8) is 0 Å². The molecule has 2 amide bonds. The van der Waals surface area contributed by atoms with E-state index in [1.807, 2.05) is 30.3 Å². The molecule has 3 rings (SSSR count). The average molecular weight is 339 g/mol. The maximum atomic E-state index is 12.5. The number of carbonyl (C=O) groups is 2. The Kier molecular flexibility index (Phi) is 4.88. The minimum atomic E-state index is -0.362. The summed E-state index contributed by atoms with van der Waals surface area (Å²) in [4.78, 5) is 26.4. The van der Waals surface area contributed by atoms with E-state index in [1.54, 1.807) is 23.1 Å². The monoisotopic (exact) mass is 339 g/mol. The summed E-state index contributed by atoms with van der Waals surface area (Å²) in [6, 6.07) is 14.8. The fraction of sp³-hybridized carbons (Fsp3) is 0.263. The Labute approximate surface area is 146 Å². The maximum absolute atomic E-state index is 12.5. The third-order valence-electron chi connectivity index (χ3n) is 4.30. The van der Waals surface area contributed by atoms with E-state index >= 15 is 0 Å². The van der Waals surface area contributed by atoms with Crippen LogP contribution in [0.5, 0.6) is 5.75 Å². The van der Waals surface area contributed by atoms with E-state index in [0.717, 1.165) is 5.56 Å². The maximum Gasteiger partial charge on any atom is 0.229 e. The number of ether oxygens (including phenoxy) is 1. The molecule has 6 heteroatoms. The Morgan fingerprint density at radius 2 is 2.04 bits per heavy atom. The zero-order valence-electron chi connectivity index (χ0n) is 14.1. The lowest BCUT2D eigenvalue weighted by atomic mass is 10.1. The highest BCUT2D eigenvalue weighted by atomic mass is 16.5. The van der Waals surface area contributed by atoms with Gasteiger partial charge < -0.3 is 20.7 Å². The number of carbonyl (C=O) groups excluding carboxylic acids is 2. The molecule has 1 saturated heterocycles. The molecule has 1 heterocycles. The van der Waals surface area contributed by atoms with E-state index in [1.165, 1.54) is 7.11 Å². The fourth-order valence-corrected chi connectivity index (χ4v) is 2.96. The van der Waals surface area contributed by atoms with Crippen LogP contribution in [0.15, 0.2) is 48.5 Å². The van der Waals surface area contributed by atoms with E-state index in [9.17, 15) is 9.59 Å². The quantitative estimate of drug-likeness (QED) is 0.819. The van der Waals surface area contributed by atoms with Gasteiger partial charge in [-0.3, -0.25) is 9.59 Å². The van der Waals surface area contributed by atoms with Gasteiger partial charge in [0.1, 0.15) is 5.75 Å². The van der Waals surface area contributed by atoms with Crippen molar-refractivity contribution in [2.45, 2.75) is 13.0 Å². The van der Waals surface area contributed by atoms with Crippen LogP contribution < -0.4 is 15.8 Å². The van der Waals surface area contributed by atoms with Gasteiger partial charge >= 0.3 is 0 Å². The van der Waals surface area contributed by atoms with E-state index < -0.39 is 0 Å². The molecule has 25 heavy (non-hydrogen) atoms. The second-order valence-electron chi connectivity index (χ2n) is 6.11. The van der Waals surface area contributed by atoms with Crippen molar-refractivity contribution in [1.82, 2.24) is 4.90 Å². The molecule has 0 bridgehead atoms. The average Bonchev–Trinajstić information content (AvgIpc) is 2.97. The number of methoxy groups -OCH3 is 1. The summed E-state index contributed by atoms with van der Waals surface area (Å²) in [6.45, 7) is 0.949. The highest BCUT2D eigenvalue weighted by molar-refractivity contribution is 5.97. The van der Waals surface area contributed by atoms with Crippen molar-refractivity contribution in [2.75, 3.05) is 24.7 Å². The molecule has 0 saturated carbocycles. The number of hydrogen-bond donors (Lipinski definition) is 2. The SMILES string of the molecule is COc1ccc(NC(=O)C2CC(=O)N(Cc3ccccc3)C2)cc1N. The molecular formula is C19H21N3O3. The van der Waals surface area contributed by atoms with Crippen molar-refractivity contribution < 1.29 is 14.3 Å². The summed E-state index contributed by atoms with van der Waals surface area (Å²) in [7, 11) is 1.54. The molecule has 0 spiro atoms. The van der Waals surface area contributed by atoms with Crippen LogP contribution in [-0.4, -0.2) is 30.4 Å². The molecular weight excluding hydrogens is 318 g/mol. The number of anilines is 2. The van der Waals surface area contributed by atoms with Crippen LogP contribution in [0.3, 0.4) is 0 Å². The number of hydrogen-bond acceptors (Lipinski definition) is 4. The first-order valence-corrected chi connectivity index (χ1v) is 8.13. The molecule has 2 aromatic rings. The van der Waals surface area contributed by atoms with Crippen LogP contribution >= 0.6 is 0 Å². The Bertz CT molecular complexity index is 777. The topological polar surface area (TPSA) is 84.7 Å². The third-order valence-corrected chi connectivity index (χ3v) is 4.30. The zero-order valence-corrected chi connectivity index (χ0v) is 14.1. The Morgan fingerprint density at radius 3 is 2.72 bits per heavy atom. The van der Waals surface area contributed by atoms with Gasteiger partial charge in [0.25, 0.3) is 0 Å². The number of nitrogens with one attached hydrogen (secondary N) is 1. The van der Waals surface area contributed by atoms with E-state index in [0.29, 0.717) is 30.2 Å². The predicted octanol–water partition coefficient (Wildman–Crippen LogP) is 2.26. The highest BCUT2D eigenvalue weighted by Gasteiger charge is 2.34. The summed E-state index contributed by atoms with van der Waals surface area (Å²) in [5.41, 5.74) is 7.95. The molecule has 0 radical (unpaired) electrons. The number of likely N-dealkylation sites (tertiary alicyclic amines) is 1. The summed E-state index contributed by atoms with van der Waals surface area (Å²) in [5, 5.41) is 2.83. The van der Waals surface area contributed by atoms with Crippen LogP contribution in [-0.2, 0) is 16.1 Å². The minimum Gasteiger partial charge on any atom is -0.495 e. The number of rotatable bonds is 5. The summed E-state index contributed by atoms with van der Waals surface area (Å²) in [6.07, 6.45) is 0.226. The molecule has 130 valence electrons. The molecule has 1 fully saturated rings. The largest absolute Gasteiger partial charge is 0.495 e. The minimum absolute atomic E-state index is 0.00162. The fourth-order valence-electron chi connectivity index (χ4n) is 2.96. The smallest absolute Gasteiger partial charge is 0.229 e. The van der Waals surface area contributed by atoms with E-state index in [2.05, 4.69) is 5.32 Å². The number of nitrogens with two attached hydrogens (primary N) is 1. The van der Waals surface area contributed by atoms with Crippen LogP contribution in [0.2, 0.25) is 0 Å². The van der Waals surface area contributed by atoms with Gasteiger partial charge in [0.05, 0.1) is 18.7 Å². The Morgan fingerprint density at radius 1 is 1.28 bits per heavy atom. The predicted molar refractivity (Wildman–Crippen MR) is 96.0 cm³/mol. The van der Waals surface area contributed by atoms with Crippen molar-refractivity contribution in [2.24, 2.45) is 5.92 Å². The number of amides is 2. The number of nitrogen functional groups attached to an aromatic ring is 1. The molecule has 0 aromatic heterocycles. The highest BCUT2D eigenvalue weighted by Crippen LogP contribution is 2.26. The summed E-state index contributed by atoms with van der Waals surface area (Å²) in [5.74, 6) is 0.0225. The van der Waals surface area contributed by atoms with Gasteiger partial charge in [0, 0.05) is 25.2 Å². The van der Waals surface area contributed by atoms with Crippen molar-refractivity contribution >= 4 is 23.2 Å². The van der Waals surface area contributed by atoms with Gasteiger partial charge in [0.2, 0.25) is 11.8 Å². The van der Waals surface area contributed by atoms with Crippen molar-refractivity contribution in [3.05, 3.63) is 54.1 Å². The molecule has 3 N–H and O–H groups in total. The molecule has 1 aliphatic rings. The van der Waals surface area contributed by atoms with Crippen LogP contribution in [0.1, 0.15) is 12.0 Å². The van der Waals surface area contributed by atoms with Gasteiger partial charge in [0.15, 0.2) is 0 Å². The Hall–Kier alpha value is -3.02. The molecule has 0 aliphatic carbocycles. The van der Waals surface area contributed by atoms with Gasteiger partial charge in [-0.1, -0.05) is 30.3 Å². The number of nitrogens with zero attached hydrogens (tertiary/aromatic N) is 1. The Balaban J connectivity index is 1.61. The first-order chi connectivity index (χ1) is 12.1. The summed E-state index contributed by atoms with van der Waals surface area (Å²) >= 11 is 0. The van der Waals surface area contributed by atoms with E-state index in [4.69, 9.17) is 10.5 Å². The second-order valence-corrected chi connectivity index (χ2v) is 6.11. The molecule has 1 aliphatic heterocycles. The lowest BCUT2D eigenvalue weighted by Crippen LogP contribution is -2.28. The first-order valence-electron chi connectivity index (χ1n) is 8.13. The van der Waals surface area contributed by atoms with Gasteiger partial charge in [-0.15, -0.1) is 0 Å². The standard InChI is InChI=1S/C19H21N3O3/c1-25-17-8-7-15(10-16(17)20)21-19(24)14-9-18(23)22(12-14)11-13-5-3-2-4-6-13/h2-8,10,14H,9,11-12,20H2,1H3,(H,21,24). The lowest BCUT2D eigenvalue weighted by molar-refractivity contribution is -0.128. The second kappa shape index (κ2) is 7.25. The van der Waals surface area contributed by atoms with Crippen LogP contribution in [0.4, 0.5) is 11.4 Å². The zero-order chi connectivity index (χ0) is 17.8. The van der Waals surface area contributed by atoms with Crippen molar-refractivity contribution in [1.29, 1.82) is 0 Å². The molecule has 2 aromatic carbocycles. The lowest BCUT2D eigenvalue weighted by Gasteiger charge is -2.17. The number of benzene rings is 2. The molecule has 6 nitrogen and oxygen atoms in total. The van der Waals surface area contributed by atoms with Crippen LogP contribution in [0, 0.1) is 5.92 Å². The summed E-state index contributed by atoms with van der Waals surface area (Å²) < 4.78 is 5.10. The van der Waals surface area contributed by atoms with Gasteiger partial charge in [-0.05, 0) is 23.8 Å². The molecule has 1 atom stereocenters. The van der Waals surface area contributed by atoms with Gasteiger partial charge in [-0.2, -0.15) is 0 Å². The normalized spacial score (nSPS) is 16.8. The third kappa shape index (κ3) is 3.91. The van der Waals surface area contributed by atoms with Crippen LogP contribution in [0.25, 0.3) is 0 Å². The van der Waals surface area contributed by atoms with Crippen molar-refractivity contribution in [3.8, 4) is 5.75 Å².